The van der Waals surface area contributed by atoms with Gasteiger partial charge in [-0.05, 0) is 17.1 Å². The molecule has 1 aromatic heterocycles. The number of nitrogens with zero attached hydrogens (tertiary/aromatic N) is 2. The Labute approximate surface area is 126 Å². The summed E-state index contributed by atoms with van der Waals surface area (Å²) in [5.41, 5.74) is -0.0326. The van der Waals surface area contributed by atoms with E-state index in [0.717, 1.165) is 15.6 Å². The van der Waals surface area contributed by atoms with Crippen molar-refractivity contribution in [1.29, 1.82) is 0 Å². The number of rotatable bonds is 2. The van der Waals surface area contributed by atoms with Crippen molar-refractivity contribution >= 4 is 34.1 Å². The topological polar surface area (TPSA) is 39.8 Å². The summed E-state index contributed by atoms with van der Waals surface area (Å²) >= 11 is 12.5. The number of halogens is 2. The van der Waals surface area contributed by atoms with Crippen molar-refractivity contribution in [3.05, 3.63) is 65.8 Å². The first kappa shape index (κ1) is 13.4. The molecule has 3 rings (SSSR count). The molecule has 20 heavy (non-hydrogen) atoms. The molecule has 2 unspecified atom stereocenters. The van der Waals surface area contributed by atoms with E-state index in [4.69, 9.17) is 23.2 Å². The molecule has 1 heterocycles. The number of hydrogen-bond acceptors (Lipinski definition) is 2. The fourth-order valence-corrected chi connectivity index (χ4v) is 3.17. The number of aromatic nitrogens is 2. The van der Waals surface area contributed by atoms with Crippen LogP contribution in [0, 0.1) is 5.21 Å². The number of fused-ring (bicyclic) bond motifs is 1. The van der Waals surface area contributed by atoms with Crippen molar-refractivity contribution in [1.82, 2.24) is 4.98 Å². The number of alkyl halides is 2. The van der Waals surface area contributed by atoms with Gasteiger partial charge in [-0.15, -0.1) is 23.2 Å². The third-order valence-electron chi connectivity index (χ3n) is 3.54. The van der Waals surface area contributed by atoms with E-state index in [1.165, 1.54) is 6.20 Å². The normalized spacial score (nSPS) is 25.2. The molecule has 102 valence electrons. The Balaban J connectivity index is 2.24. The van der Waals surface area contributed by atoms with E-state index in [-0.39, 0.29) is 5.88 Å². The summed E-state index contributed by atoms with van der Waals surface area (Å²) in [5.74, 6) is 0.516. The zero-order chi connectivity index (χ0) is 14.2. The van der Waals surface area contributed by atoms with Gasteiger partial charge in [0.1, 0.15) is 11.6 Å². The zero-order valence-corrected chi connectivity index (χ0v) is 12.1. The van der Waals surface area contributed by atoms with E-state index in [2.05, 4.69) is 4.98 Å². The minimum atomic E-state index is -0.788. The van der Waals surface area contributed by atoms with E-state index in [1.54, 1.807) is 0 Å². The van der Waals surface area contributed by atoms with Crippen molar-refractivity contribution in [2.24, 2.45) is 0 Å². The van der Waals surface area contributed by atoms with Gasteiger partial charge in [-0.2, -0.15) is 0 Å². The van der Waals surface area contributed by atoms with E-state index in [0.29, 0.717) is 5.82 Å². The predicted molar refractivity (Wildman–Crippen MR) is 81.0 cm³/mol. The summed E-state index contributed by atoms with van der Waals surface area (Å²) in [4.78, 5) is 4.49. The predicted octanol–water partition coefficient (Wildman–Crippen LogP) is 3.08. The lowest BCUT2D eigenvalue weighted by Crippen LogP contribution is -2.48. The van der Waals surface area contributed by atoms with Crippen LogP contribution in [0.25, 0.3) is 10.9 Å². The summed E-state index contributed by atoms with van der Waals surface area (Å²) in [7, 11) is 0. The Morgan fingerprint density at radius 1 is 1.30 bits per heavy atom. The average Bonchev–Trinajstić information content (AvgIpc) is 2.47. The molecule has 2 aromatic rings. The van der Waals surface area contributed by atoms with E-state index in [1.807, 2.05) is 48.6 Å². The highest BCUT2D eigenvalue weighted by molar-refractivity contribution is 6.25. The maximum Gasteiger partial charge on any atom is 0.315 e. The monoisotopic (exact) mass is 306 g/mol. The highest BCUT2D eigenvalue weighted by Crippen LogP contribution is 2.35. The molecular formula is C15H12Cl2N2O. The van der Waals surface area contributed by atoms with Crippen LogP contribution in [0.4, 0.5) is 0 Å². The van der Waals surface area contributed by atoms with Gasteiger partial charge in [-0.3, -0.25) is 0 Å². The smallest absolute Gasteiger partial charge is 0.315 e. The highest BCUT2D eigenvalue weighted by atomic mass is 35.5. The van der Waals surface area contributed by atoms with Crippen LogP contribution in [0.2, 0.25) is 0 Å². The summed E-state index contributed by atoms with van der Waals surface area (Å²) in [5, 5.41) is 12.7. The lowest BCUT2D eigenvalue weighted by atomic mass is 9.82. The highest BCUT2D eigenvalue weighted by Gasteiger charge is 2.45. The second-order valence-electron chi connectivity index (χ2n) is 4.77. The number of benzene rings is 1. The van der Waals surface area contributed by atoms with Crippen molar-refractivity contribution in [2.75, 3.05) is 5.88 Å². The van der Waals surface area contributed by atoms with Crippen LogP contribution in [0.1, 0.15) is 5.82 Å². The molecule has 0 spiro atoms. The second kappa shape index (κ2) is 5.08. The Morgan fingerprint density at radius 2 is 2.10 bits per heavy atom. The van der Waals surface area contributed by atoms with Gasteiger partial charge in [0.05, 0.1) is 10.8 Å². The van der Waals surface area contributed by atoms with E-state index < -0.39 is 10.8 Å². The van der Waals surface area contributed by atoms with Crippen LogP contribution in [-0.2, 0) is 5.41 Å². The molecule has 0 saturated heterocycles. The Hall–Kier alpha value is -1.58. The molecule has 0 aliphatic heterocycles. The lowest BCUT2D eigenvalue weighted by Gasteiger charge is -2.30. The van der Waals surface area contributed by atoms with Crippen LogP contribution in [-0.4, -0.2) is 16.2 Å². The van der Waals surface area contributed by atoms with Crippen molar-refractivity contribution in [2.45, 2.75) is 10.8 Å². The molecule has 1 aliphatic rings. The van der Waals surface area contributed by atoms with Crippen molar-refractivity contribution in [3.8, 4) is 0 Å². The number of allylic oxidation sites excluding steroid dienone is 4. The van der Waals surface area contributed by atoms with Gasteiger partial charge < -0.3 is 5.21 Å². The summed E-state index contributed by atoms with van der Waals surface area (Å²) < 4.78 is 0.767. The van der Waals surface area contributed by atoms with Gasteiger partial charge in [-0.1, -0.05) is 36.4 Å². The molecule has 0 fully saturated rings. The molecule has 0 bridgehead atoms. The molecule has 5 heteroatoms. The SMILES string of the molecule is [O-][n+]1cc2ccccc2nc1C1(CCl)C=CC=CC1Cl. The minimum absolute atomic E-state index is 0.190. The number of hydrogen-bond donors (Lipinski definition) is 0. The van der Waals surface area contributed by atoms with Gasteiger partial charge in [-0.25, -0.2) is 4.73 Å². The largest absolute Gasteiger partial charge is 0.711 e. The lowest BCUT2D eigenvalue weighted by molar-refractivity contribution is -0.619. The first-order valence-corrected chi connectivity index (χ1v) is 7.20. The molecule has 3 nitrogen and oxygen atoms in total. The number of para-hydroxylation sites is 1. The minimum Gasteiger partial charge on any atom is -0.711 e. The quantitative estimate of drug-likeness (QED) is 0.486. The van der Waals surface area contributed by atoms with Gasteiger partial charge >= 0.3 is 5.82 Å². The maximum atomic E-state index is 12.3. The Morgan fingerprint density at radius 3 is 2.85 bits per heavy atom. The van der Waals surface area contributed by atoms with Crippen LogP contribution in [0.5, 0.6) is 0 Å². The molecule has 1 aliphatic carbocycles. The average molecular weight is 307 g/mol. The van der Waals surface area contributed by atoms with Gasteiger partial charge in [0.2, 0.25) is 0 Å². The fourth-order valence-electron chi connectivity index (χ4n) is 2.39. The first-order chi connectivity index (χ1) is 9.67. The van der Waals surface area contributed by atoms with Crippen LogP contribution in [0.3, 0.4) is 0 Å². The van der Waals surface area contributed by atoms with E-state index in [9.17, 15) is 5.21 Å². The van der Waals surface area contributed by atoms with Crippen molar-refractivity contribution in [3.63, 3.8) is 0 Å². The molecular weight excluding hydrogens is 295 g/mol. The Kier molecular flexibility index (Phi) is 3.40. The second-order valence-corrected chi connectivity index (χ2v) is 5.51. The van der Waals surface area contributed by atoms with Gasteiger partial charge in [0.25, 0.3) is 0 Å². The van der Waals surface area contributed by atoms with Gasteiger partial charge in [0, 0.05) is 5.88 Å². The molecule has 1 aromatic carbocycles. The summed E-state index contributed by atoms with van der Waals surface area (Å²) in [6.45, 7) is 0. The zero-order valence-electron chi connectivity index (χ0n) is 10.5. The molecule has 2 atom stereocenters. The maximum absolute atomic E-state index is 12.3. The van der Waals surface area contributed by atoms with Crippen LogP contribution < -0.4 is 4.73 Å². The van der Waals surface area contributed by atoms with Crippen LogP contribution >= 0.6 is 23.2 Å². The molecule has 0 radical (unpaired) electrons. The first-order valence-electron chi connectivity index (χ1n) is 6.23. The molecule has 0 saturated carbocycles. The third-order valence-corrected chi connectivity index (χ3v) is 4.52. The molecule has 0 amide bonds. The van der Waals surface area contributed by atoms with Crippen molar-refractivity contribution < 1.29 is 4.73 Å². The fraction of sp³-hybridized carbons (Fsp3) is 0.200. The van der Waals surface area contributed by atoms with Gasteiger partial charge in [0.15, 0.2) is 5.52 Å². The standard InChI is InChI=1S/C15H12Cl2N2O/c16-10-15(8-4-3-7-13(15)17)14-18-12-6-2-1-5-11(12)9-19(14)20/h1-9,13H,10H2. The van der Waals surface area contributed by atoms with Crippen LogP contribution in [0.15, 0.2) is 54.8 Å². The van der Waals surface area contributed by atoms with E-state index >= 15 is 0 Å². The Bertz CT molecular complexity index is 714. The summed E-state index contributed by atoms with van der Waals surface area (Å²) in [6.07, 6.45) is 8.88. The summed E-state index contributed by atoms with van der Waals surface area (Å²) in [6, 6.07) is 7.47. The third kappa shape index (κ3) is 1.98. The molecule has 0 N–H and O–H groups in total.